The molecule has 0 radical (unpaired) electrons. The first-order chi connectivity index (χ1) is 9.68. The number of thiocarbonyl (C=S) groups is 1. The zero-order valence-corrected chi connectivity index (χ0v) is 16.8. The van der Waals surface area contributed by atoms with E-state index in [9.17, 15) is 0 Å². The maximum absolute atomic E-state index is 5.08. The molecule has 0 N–H and O–H groups in total. The number of hydrogen-bond donors (Lipinski definition) is 2. The molecule has 0 aromatic carbocycles. The Bertz CT molecular complexity index is 333. The molecule has 20 heavy (non-hydrogen) atoms. The van der Waals surface area contributed by atoms with Crippen molar-refractivity contribution < 1.29 is 0 Å². The second-order valence-corrected chi connectivity index (χ2v) is 13.3. The molecule has 0 bridgehead atoms. The predicted molar refractivity (Wildman–Crippen MR) is 112 cm³/mol. The highest BCUT2D eigenvalue weighted by Gasteiger charge is 2.27. The van der Waals surface area contributed by atoms with E-state index in [1.54, 1.807) is 21.6 Å². The van der Waals surface area contributed by atoms with Gasteiger partial charge in [-0.1, -0.05) is 50.7 Å². The van der Waals surface area contributed by atoms with E-state index in [-0.39, 0.29) is 0 Å². The molecule has 6 heteroatoms. The highest BCUT2D eigenvalue weighted by molar-refractivity contribution is 8.95. The minimum atomic E-state index is 0.371. The van der Waals surface area contributed by atoms with Crippen LogP contribution in [-0.2, 0) is 0 Å². The van der Waals surface area contributed by atoms with E-state index < -0.39 is 0 Å². The van der Waals surface area contributed by atoms with Crippen molar-refractivity contribution in [1.29, 1.82) is 0 Å². The van der Waals surface area contributed by atoms with Gasteiger partial charge in [0.1, 0.15) is 3.53 Å². The Labute approximate surface area is 150 Å². The SMILES string of the molecule is S=C(S)SSC(S)=S(C1CCCCC1)C1CCCCC1. The van der Waals surface area contributed by atoms with Crippen molar-refractivity contribution in [2.45, 2.75) is 74.7 Å². The molecule has 2 rings (SSSR count). The van der Waals surface area contributed by atoms with Crippen molar-refractivity contribution in [3.63, 3.8) is 0 Å². The monoisotopic (exact) mass is 384 g/mol. The van der Waals surface area contributed by atoms with E-state index in [0.29, 0.717) is 10.5 Å². The van der Waals surface area contributed by atoms with Crippen LogP contribution >= 0.6 is 69.5 Å². The minimum absolute atomic E-state index is 0.371. The lowest BCUT2D eigenvalue weighted by molar-refractivity contribution is 0.494. The van der Waals surface area contributed by atoms with E-state index in [1.807, 2.05) is 0 Å². The van der Waals surface area contributed by atoms with Crippen LogP contribution in [-0.4, -0.2) is 17.6 Å². The van der Waals surface area contributed by atoms with Crippen LogP contribution < -0.4 is 0 Å². The van der Waals surface area contributed by atoms with Crippen molar-refractivity contribution in [1.82, 2.24) is 0 Å². The number of rotatable bonds is 2. The van der Waals surface area contributed by atoms with Gasteiger partial charge in [-0.15, -0.1) is 25.3 Å². The van der Waals surface area contributed by atoms with Crippen LogP contribution in [0, 0.1) is 0 Å². The molecular weight excluding hydrogens is 361 g/mol. The van der Waals surface area contributed by atoms with Gasteiger partial charge >= 0.3 is 0 Å². The van der Waals surface area contributed by atoms with Gasteiger partial charge in [0.25, 0.3) is 0 Å². The molecule has 0 unspecified atom stereocenters. The summed E-state index contributed by atoms with van der Waals surface area (Å²) in [5.41, 5.74) is 0. The second kappa shape index (κ2) is 9.76. The van der Waals surface area contributed by atoms with E-state index >= 15 is 0 Å². The molecule has 0 nitrogen and oxygen atoms in total. The Morgan fingerprint density at radius 3 is 1.65 bits per heavy atom. The molecule has 0 amide bonds. The molecule has 2 aliphatic rings. The summed E-state index contributed by atoms with van der Waals surface area (Å²) in [5.74, 6) is 0. The lowest BCUT2D eigenvalue weighted by atomic mass is 10.00. The maximum atomic E-state index is 5.08. The molecule has 2 aliphatic carbocycles. The third-order valence-corrected chi connectivity index (χ3v) is 12.2. The average Bonchev–Trinajstić information content (AvgIpc) is 2.48. The van der Waals surface area contributed by atoms with Crippen LogP contribution in [0.3, 0.4) is 0 Å². The number of hydrogen-bond acceptors (Lipinski definition) is 3. The molecular formula is C14H24S6. The van der Waals surface area contributed by atoms with Gasteiger partial charge in [0.2, 0.25) is 0 Å². The highest BCUT2D eigenvalue weighted by atomic mass is 33.1. The summed E-state index contributed by atoms with van der Waals surface area (Å²) in [7, 11) is 3.74. The zero-order valence-electron chi connectivity index (χ0n) is 11.8. The quantitative estimate of drug-likeness (QED) is 0.315. The van der Waals surface area contributed by atoms with E-state index in [0.717, 1.165) is 14.0 Å². The average molecular weight is 385 g/mol. The fourth-order valence-electron chi connectivity index (χ4n) is 3.31. The fraction of sp³-hybridized carbons (Fsp3) is 0.857. The molecule has 116 valence electrons. The van der Waals surface area contributed by atoms with Gasteiger partial charge in [-0.05, 0) is 47.3 Å². The molecule has 2 fully saturated rings. The van der Waals surface area contributed by atoms with Crippen molar-refractivity contribution in [2.75, 3.05) is 0 Å². The summed E-state index contributed by atoms with van der Waals surface area (Å²) in [5, 5.41) is 1.78. The molecule has 0 aliphatic heterocycles. The van der Waals surface area contributed by atoms with Crippen LogP contribution in [0.1, 0.15) is 64.2 Å². The van der Waals surface area contributed by atoms with Crippen molar-refractivity contribution in [3.05, 3.63) is 0 Å². The Balaban J connectivity index is 2.12. The van der Waals surface area contributed by atoms with Crippen molar-refractivity contribution in [3.8, 4) is 0 Å². The summed E-state index contributed by atoms with van der Waals surface area (Å²) < 4.78 is 2.06. The topological polar surface area (TPSA) is 0 Å². The van der Waals surface area contributed by atoms with Gasteiger partial charge in [-0.2, -0.15) is 10.5 Å². The summed E-state index contributed by atoms with van der Waals surface area (Å²) in [6.45, 7) is 0. The van der Waals surface area contributed by atoms with Gasteiger partial charge < -0.3 is 0 Å². The van der Waals surface area contributed by atoms with Crippen LogP contribution in [0.25, 0.3) is 0 Å². The van der Waals surface area contributed by atoms with Gasteiger partial charge in [-0.3, -0.25) is 0 Å². The van der Waals surface area contributed by atoms with Crippen LogP contribution in [0.15, 0.2) is 0 Å². The van der Waals surface area contributed by atoms with Crippen LogP contribution in [0.4, 0.5) is 0 Å². The summed E-state index contributed by atoms with van der Waals surface area (Å²) >= 11 is 14.2. The van der Waals surface area contributed by atoms with Crippen molar-refractivity contribution in [2.24, 2.45) is 0 Å². The third kappa shape index (κ3) is 5.73. The number of thiol groups is 2. The summed E-state index contributed by atoms with van der Waals surface area (Å²) in [6, 6.07) is 0. The molecule has 0 aromatic rings. The minimum Gasteiger partial charge on any atom is -0.159 e. The summed E-state index contributed by atoms with van der Waals surface area (Å²) in [6.07, 6.45) is 14.2. The van der Waals surface area contributed by atoms with Gasteiger partial charge in [0.15, 0.2) is 0 Å². The first kappa shape index (κ1) is 18.1. The Kier molecular flexibility index (Phi) is 8.81. The molecule has 0 saturated heterocycles. The lowest BCUT2D eigenvalue weighted by Crippen LogP contribution is -2.21. The smallest absolute Gasteiger partial charge is 0.112 e. The first-order valence-electron chi connectivity index (χ1n) is 7.53. The first-order valence-corrected chi connectivity index (χ1v) is 12.3. The lowest BCUT2D eigenvalue weighted by Gasteiger charge is -2.34. The largest absolute Gasteiger partial charge is 0.159 e. The highest BCUT2D eigenvalue weighted by Crippen LogP contribution is 2.47. The van der Waals surface area contributed by atoms with Gasteiger partial charge in [0, 0.05) is 10.5 Å². The van der Waals surface area contributed by atoms with Crippen LogP contribution in [0.5, 0.6) is 0 Å². The molecule has 0 aromatic heterocycles. The Hall–Kier alpha value is 1.71. The van der Waals surface area contributed by atoms with E-state index in [1.165, 1.54) is 67.7 Å². The van der Waals surface area contributed by atoms with Crippen LogP contribution in [0.2, 0.25) is 0 Å². The van der Waals surface area contributed by atoms with Crippen molar-refractivity contribution >= 4 is 76.6 Å². The zero-order chi connectivity index (χ0) is 14.4. The molecule has 0 atom stereocenters. The molecule has 2 saturated carbocycles. The third-order valence-electron chi connectivity index (χ3n) is 4.21. The Morgan fingerprint density at radius 2 is 1.25 bits per heavy atom. The van der Waals surface area contributed by atoms with E-state index in [2.05, 4.69) is 12.6 Å². The predicted octanol–water partition coefficient (Wildman–Crippen LogP) is 6.53. The standard InChI is InChI=1S/C14H24S6/c15-13(16)18-19-14(17)20(11-7-3-1-4-8-11)12-9-5-2-6-10-12/h11-12,17H,1-10H2,(H,15,16). The molecule has 0 spiro atoms. The van der Waals surface area contributed by atoms with Gasteiger partial charge in [0.05, 0.1) is 3.53 Å². The molecule has 0 heterocycles. The second-order valence-electron chi connectivity index (χ2n) is 5.59. The maximum Gasteiger partial charge on any atom is 0.112 e. The fourth-order valence-corrected chi connectivity index (χ4v) is 10.7. The van der Waals surface area contributed by atoms with E-state index in [4.69, 9.17) is 24.8 Å². The van der Waals surface area contributed by atoms with Gasteiger partial charge in [-0.25, -0.2) is 0 Å². The Morgan fingerprint density at radius 1 is 0.800 bits per heavy atom. The summed E-state index contributed by atoms with van der Waals surface area (Å²) in [4.78, 5) is 0. The normalized spacial score (nSPS) is 22.1.